The number of hydrogen-bond acceptors (Lipinski definition) is 4. The predicted octanol–water partition coefficient (Wildman–Crippen LogP) is 2.19. The van der Waals surface area contributed by atoms with Crippen LogP contribution in [0.3, 0.4) is 0 Å². The molecule has 3 nitrogen and oxygen atoms in total. The Bertz CT molecular complexity index is 449. The standard InChI is InChI=1S/C11H10O3S/c1-6(13)8-3-4-10(15)9(5-12)11(8)7(2)14/h3-5,15H,1-2H3. The zero-order valence-electron chi connectivity index (χ0n) is 8.40. The van der Waals surface area contributed by atoms with Gasteiger partial charge in [0.1, 0.15) is 0 Å². The molecule has 0 fully saturated rings. The van der Waals surface area contributed by atoms with Crippen LogP contribution in [-0.4, -0.2) is 17.9 Å². The van der Waals surface area contributed by atoms with Gasteiger partial charge in [0, 0.05) is 21.6 Å². The summed E-state index contributed by atoms with van der Waals surface area (Å²) >= 11 is 4.06. The van der Waals surface area contributed by atoms with Crippen LogP contribution in [0.1, 0.15) is 44.9 Å². The number of aldehydes is 1. The summed E-state index contributed by atoms with van der Waals surface area (Å²) in [5.74, 6) is -0.546. The molecule has 0 amide bonds. The van der Waals surface area contributed by atoms with Gasteiger partial charge in [-0.25, -0.2) is 0 Å². The van der Waals surface area contributed by atoms with Crippen molar-refractivity contribution in [3.63, 3.8) is 0 Å². The first-order valence-corrected chi connectivity index (χ1v) is 4.76. The van der Waals surface area contributed by atoms with E-state index in [0.717, 1.165) is 0 Å². The van der Waals surface area contributed by atoms with E-state index in [4.69, 9.17) is 0 Å². The summed E-state index contributed by atoms with van der Waals surface area (Å²) in [7, 11) is 0. The zero-order valence-corrected chi connectivity index (χ0v) is 9.30. The lowest BCUT2D eigenvalue weighted by atomic mass is 9.96. The van der Waals surface area contributed by atoms with E-state index in [1.807, 2.05) is 0 Å². The molecule has 0 heterocycles. The van der Waals surface area contributed by atoms with Gasteiger partial charge in [-0.3, -0.25) is 14.4 Å². The predicted molar refractivity (Wildman–Crippen MR) is 59.1 cm³/mol. The normalized spacial score (nSPS) is 9.80. The van der Waals surface area contributed by atoms with E-state index in [1.54, 1.807) is 0 Å². The minimum Gasteiger partial charge on any atom is -0.298 e. The smallest absolute Gasteiger partial charge is 0.161 e. The fourth-order valence-corrected chi connectivity index (χ4v) is 1.64. The van der Waals surface area contributed by atoms with Crippen LogP contribution in [0.5, 0.6) is 0 Å². The van der Waals surface area contributed by atoms with Crippen LogP contribution in [-0.2, 0) is 0 Å². The van der Waals surface area contributed by atoms with Gasteiger partial charge in [0.25, 0.3) is 0 Å². The number of hydrogen-bond donors (Lipinski definition) is 1. The van der Waals surface area contributed by atoms with Gasteiger partial charge in [-0.1, -0.05) is 0 Å². The summed E-state index contributed by atoms with van der Waals surface area (Å²) in [5, 5.41) is 0. The highest BCUT2D eigenvalue weighted by atomic mass is 32.1. The van der Waals surface area contributed by atoms with Crippen molar-refractivity contribution in [1.29, 1.82) is 0 Å². The number of carbonyl (C=O) groups is 3. The van der Waals surface area contributed by atoms with E-state index in [9.17, 15) is 14.4 Å². The molecule has 0 aromatic heterocycles. The molecule has 1 aromatic carbocycles. The molecule has 0 unspecified atom stereocenters. The van der Waals surface area contributed by atoms with Gasteiger partial charge >= 0.3 is 0 Å². The molecule has 4 heteroatoms. The van der Waals surface area contributed by atoms with Crippen molar-refractivity contribution < 1.29 is 14.4 Å². The molecule has 1 aromatic rings. The average molecular weight is 222 g/mol. The van der Waals surface area contributed by atoms with E-state index in [-0.39, 0.29) is 28.3 Å². The number of benzene rings is 1. The second-order valence-electron chi connectivity index (χ2n) is 3.15. The van der Waals surface area contributed by atoms with Gasteiger partial charge in [-0.15, -0.1) is 12.6 Å². The largest absolute Gasteiger partial charge is 0.298 e. The van der Waals surface area contributed by atoms with Gasteiger partial charge in [0.15, 0.2) is 17.9 Å². The first-order chi connectivity index (χ1) is 6.99. The van der Waals surface area contributed by atoms with Gasteiger partial charge < -0.3 is 0 Å². The van der Waals surface area contributed by atoms with Crippen molar-refractivity contribution in [3.05, 3.63) is 28.8 Å². The highest BCUT2D eigenvalue weighted by Gasteiger charge is 2.17. The first kappa shape index (κ1) is 11.7. The number of carbonyl (C=O) groups excluding carboxylic acids is 3. The van der Waals surface area contributed by atoms with Crippen molar-refractivity contribution in [3.8, 4) is 0 Å². The Hall–Kier alpha value is -1.42. The van der Waals surface area contributed by atoms with Crippen LogP contribution >= 0.6 is 12.6 Å². The first-order valence-electron chi connectivity index (χ1n) is 4.32. The van der Waals surface area contributed by atoms with Gasteiger partial charge in [0.05, 0.1) is 0 Å². The minimum atomic E-state index is -0.307. The maximum Gasteiger partial charge on any atom is 0.161 e. The lowest BCUT2D eigenvalue weighted by Crippen LogP contribution is -2.08. The molecule has 0 aliphatic heterocycles. The molecule has 0 aliphatic carbocycles. The Balaban J connectivity index is 3.63. The number of rotatable bonds is 3. The Morgan fingerprint density at radius 2 is 1.80 bits per heavy atom. The van der Waals surface area contributed by atoms with Crippen LogP contribution in [0.25, 0.3) is 0 Å². The van der Waals surface area contributed by atoms with E-state index in [2.05, 4.69) is 12.6 Å². The Kier molecular flexibility index (Phi) is 3.42. The SMILES string of the molecule is CC(=O)c1ccc(S)c(C=O)c1C(C)=O. The topological polar surface area (TPSA) is 51.2 Å². The second kappa shape index (κ2) is 4.40. The third-order valence-electron chi connectivity index (χ3n) is 2.07. The average Bonchev–Trinajstić information content (AvgIpc) is 2.16. The molecular formula is C11H10O3S. The summed E-state index contributed by atoms with van der Waals surface area (Å²) in [6.45, 7) is 2.68. The maximum absolute atomic E-state index is 11.4. The summed E-state index contributed by atoms with van der Waals surface area (Å²) < 4.78 is 0. The Morgan fingerprint density at radius 1 is 1.20 bits per heavy atom. The molecule has 0 saturated heterocycles. The highest BCUT2D eigenvalue weighted by Crippen LogP contribution is 2.21. The quantitative estimate of drug-likeness (QED) is 0.484. The number of thiol groups is 1. The van der Waals surface area contributed by atoms with Crippen LogP contribution in [0.15, 0.2) is 17.0 Å². The Labute approximate surface area is 92.9 Å². The minimum absolute atomic E-state index is 0.157. The monoisotopic (exact) mass is 222 g/mol. The molecule has 0 spiro atoms. The van der Waals surface area contributed by atoms with Gasteiger partial charge in [-0.05, 0) is 26.0 Å². The summed E-state index contributed by atoms with van der Waals surface area (Å²) in [5.41, 5.74) is 0.603. The molecule has 15 heavy (non-hydrogen) atoms. The van der Waals surface area contributed by atoms with E-state index >= 15 is 0 Å². The molecule has 78 valence electrons. The van der Waals surface area contributed by atoms with Crippen molar-refractivity contribution >= 4 is 30.5 Å². The van der Waals surface area contributed by atoms with Gasteiger partial charge in [-0.2, -0.15) is 0 Å². The van der Waals surface area contributed by atoms with Crippen LogP contribution in [0.2, 0.25) is 0 Å². The molecule has 1 rings (SSSR count). The summed E-state index contributed by atoms with van der Waals surface area (Å²) in [6, 6.07) is 3.05. The maximum atomic E-state index is 11.4. The lowest BCUT2D eigenvalue weighted by molar-refractivity contribution is 0.0977. The third-order valence-corrected chi connectivity index (χ3v) is 2.46. The molecular weight excluding hydrogens is 212 g/mol. The van der Waals surface area contributed by atoms with Crippen LogP contribution in [0.4, 0.5) is 0 Å². The summed E-state index contributed by atoms with van der Waals surface area (Å²) in [6.07, 6.45) is 0.547. The lowest BCUT2D eigenvalue weighted by Gasteiger charge is -2.08. The van der Waals surface area contributed by atoms with Crippen LogP contribution in [0, 0.1) is 0 Å². The molecule has 0 saturated carbocycles. The van der Waals surface area contributed by atoms with E-state index < -0.39 is 0 Å². The third kappa shape index (κ3) is 2.15. The Morgan fingerprint density at radius 3 is 2.20 bits per heavy atom. The van der Waals surface area contributed by atoms with Crippen LogP contribution < -0.4 is 0 Å². The molecule has 0 radical (unpaired) electrons. The molecule has 0 N–H and O–H groups in total. The summed E-state index contributed by atoms with van der Waals surface area (Å²) in [4.78, 5) is 33.8. The van der Waals surface area contributed by atoms with Crippen molar-refractivity contribution in [2.45, 2.75) is 18.7 Å². The second-order valence-corrected chi connectivity index (χ2v) is 3.63. The zero-order chi connectivity index (χ0) is 11.6. The van der Waals surface area contributed by atoms with Crippen molar-refractivity contribution in [2.75, 3.05) is 0 Å². The molecule has 0 bridgehead atoms. The van der Waals surface area contributed by atoms with Crippen molar-refractivity contribution in [2.24, 2.45) is 0 Å². The van der Waals surface area contributed by atoms with Crippen molar-refractivity contribution in [1.82, 2.24) is 0 Å². The van der Waals surface area contributed by atoms with E-state index in [1.165, 1.54) is 26.0 Å². The number of Topliss-reactive ketones (excluding diaryl/α,β-unsaturated/α-hetero) is 2. The highest BCUT2D eigenvalue weighted by molar-refractivity contribution is 7.80. The molecule has 0 aliphatic rings. The van der Waals surface area contributed by atoms with Gasteiger partial charge in [0.2, 0.25) is 0 Å². The number of ketones is 2. The van der Waals surface area contributed by atoms with E-state index in [0.29, 0.717) is 11.2 Å². The fourth-order valence-electron chi connectivity index (χ4n) is 1.40. The fraction of sp³-hybridized carbons (Fsp3) is 0.182. The molecule has 0 atom stereocenters.